The molecule has 0 fully saturated rings. The van der Waals surface area contributed by atoms with E-state index in [9.17, 15) is 13.2 Å². The van der Waals surface area contributed by atoms with E-state index in [1.54, 1.807) is 18.2 Å². The van der Waals surface area contributed by atoms with Gasteiger partial charge < -0.3 is 24.7 Å². The fourth-order valence-corrected chi connectivity index (χ4v) is 2.21. The molecule has 0 atom stereocenters. The molecular formula is C17H19ClF3NO4. The summed E-state index contributed by atoms with van der Waals surface area (Å²) in [5.41, 5.74) is 6.58. The van der Waals surface area contributed by atoms with Gasteiger partial charge in [0.2, 0.25) is 0 Å². The monoisotopic (exact) mass is 393 g/mol. The van der Waals surface area contributed by atoms with Gasteiger partial charge in [0.1, 0.15) is 18.1 Å². The molecule has 144 valence electrons. The first kappa shape index (κ1) is 21.7. The molecule has 0 radical (unpaired) electrons. The van der Waals surface area contributed by atoms with Crippen LogP contribution in [0.2, 0.25) is 0 Å². The van der Waals surface area contributed by atoms with Gasteiger partial charge in [0, 0.05) is 12.1 Å². The SMILES string of the molecule is COc1ccc(OC)c(-c2ccc(OC(F)(F)F)c(OCCN)c2)c1.Cl. The van der Waals surface area contributed by atoms with Gasteiger partial charge in [-0.1, -0.05) is 6.07 Å². The van der Waals surface area contributed by atoms with Gasteiger partial charge in [0.15, 0.2) is 11.5 Å². The van der Waals surface area contributed by atoms with Crippen molar-refractivity contribution in [1.29, 1.82) is 0 Å². The summed E-state index contributed by atoms with van der Waals surface area (Å²) in [6.07, 6.45) is -4.82. The van der Waals surface area contributed by atoms with Gasteiger partial charge in [-0.3, -0.25) is 0 Å². The predicted octanol–water partition coefficient (Wildman–Crippen LogP) is 4.03. The highest BCUT2D eigenvalue weighted by Gasteiger charge is 2.32. The number of hydrogen-bond acceptors (Lipinski definition) is 5. The molecule has 0 unspecified atom stereocenters. The van der Waals surface area contributed by atoms with E-state index in [4.69, 9.17) is 19.9 Å². The van der Waals surface area contributed by atoms with Crippen LogP contribution < -0.4 is 24.7 Å². The average Bonchev–Trinajstić information content (AvgIpc) is 2.59. The zero-order valence-electron chi connectivity index (χ0n) is 14.1. The van der Waals surface area contributed by atoms with Crippen molar-refractivity contribution in [2.45, 2.75) is 6.36 Å². The van der Waals surface area contributed by atoms with E-state index in [0.29, 0.717) is 22.6 Å². The lowest BCUT2D eigenvalue weighted by Crippen LogP contribution is -2.18. The lowest BCUT2D eigenvalue weighted by Gasteiger charge is -2.16. The number of benzene rings is 2. The Morgan fingerprint density at radius 3 is 2.19 bits per heavy atom. The summed E-state index contributed by atoms with van der Waals surface area (Å²) in [5, 5.41) is 0. The average molecular weight is 394 g/mol. The molecule has 0 aliphatic heterocycles. The molecule has 0 aliphatic rings. The largest absolute Gasteiger partial charge is 0.573 e. The van der Waals surface area contributed by atoms with E-state index in [-0.39, 0.29) is 31.3 Å². The second-order valence-corrected chi connectivity index (χ2v) is 4.91. The minimum absolute atomic E-state index is 0. The minimum Gasteiger partial charge on any atom is -0.497 e. The van der Waals surface area contributed by atoms with E-state index < -0.39 is 12.1 Å². The molecule has 2 rings (SSSR count). The van der Waals surface area contributed by atoms with Crippen LogP contribution in [0.25, 0.3) is 11.1 Å². The third kappa shape index (κ3) is 5.60. The number of ether oxygens (including phenoxy) is 4. The number of methoxy groups -OCH3 is 2. The molecule has 0 saturated carbocycles. The molecule has 2 N–H and O–H groups in total. The summed E-state index contributed by atoms with van der Waals surface area (Å²) in [6, 6.07) is 9.24. The summed E-state index contributed by atoms with van der Waals surface area (Å²) in [6.45, 7) is 0.199. The highest BCUT2D eigenvalue weighted by Crippen LogP contribution is 2.39. The second kappa shape index (κ2) is 9.40. The molecule has 0 spiro atoms. The number of nitrogens with two attached hydrogens (primary N) is 1. The minimum atomic E-state index is -4.82. The van der Waals surface area contributed by atoms with E-state index in [0.717, 1.165) is 0 Å². The lowest BCUT2D eigenvalue weighted by atomic mass is 10.0. The van der Waals surface area contributed by atoms with Crippen LogP contribution in [0.5, 0.6) is 23.0 Å². The van der Waals surface area contributed by atoms with Gasteiger partial charge in [-0.05, 0) is 35.9 Å². The molecule has 0 aromatic heterocycles. The maximum atomic E-state index is 12.5. The molecular weight excluding hydrogens is 375 g/mol. The molecule has 0 saturated heterocycles. The van der Waals surface area contributed by atoms with Gasteiger partial charge >= 0.3 is 6.36 Å². The third-order valence-electron chi connectivity index (χ3n) is 3.26. The first-order valence-electron chi connectivity index (χ1n) is 7.33. The van der Waals surface area contributed by atoms with Gasteiger partial charge in [0.25, 0.3) is 0 Å². The molecule has 0 heterocycles. The second-order valence-electron chi connectivity index (χ2n) is 4.91. The highest BCUT2D eigenvalue weighted by molar-refractivity contribution is 5.85. The van der Waals surface area contributed by atoms with E-state index in [1.807, 2.05) is 0 Å². The van der Waals surface area contributed by atoms with Crippen LogP contribution >= 0.6 is 12.4 Å². The topological polar surface area (TPSA) is 62.9 Å². The maximum Gasteiger partial charge on any atom is 0.573 e. The first-order chi connectivity index (χ1) is 11.9. The Kier molecular flexibility index (Phi) is 7.85. The van der Waals surface area contributed by atoms with Crippen LogP contribution in [0.15, 0.2) is 36.4 Å². The molecule has 0 bridgehead atoms. The molecule has 26 heavy (non-hydrogen) atoms. The zero-order chi connectivity index (χ0) is 18.4. The summed E-state index contributed by atoms with van der Waals surface area (Å²) in [4.78, 5) is 0. The number of halogens is 4. The summed E-state index contributed by atoms with van der Waals surface area (Å²) < 4.78 is 57.4. The van der Waals surface area contributed by atoms with Crippen LogP contribution in [0.1, 0.15) is 0 Å². The normalized spacial score (nSPS) is 10.7. The Morgan fingerprint density at radius 2 is 1.62 bits per heavy atom. The lowest BCUT2D eigenvalue weighted by molar-refractivity contribution is -0.275. The van der Waals surface area contributed by atoms with Crippen molar-refractivity contribution in [3.8, 4) is 34.1 Å². The Balaban J connectivity index is 0.00000338. The van der Waals surface area contributed by atoms with Crippen LogP contribution in [0, 0.1) is 0 Å². The van der Waals surface area contributed by atoms with Crippen LogP contribution in [0.3, 0.4) is 0 Å². The van der Waals surface area contributed by atoms with Crippen molar-refractivity contribution >= 4 is 12.4 Å². The molecule has 0 aliphatic carbocycles. The van der Waals surface area contributed by atoms with Gasteiger partial charge in [-0.15, -0.1) is 25.6 Å². The van der Waals surface area contributed by atoms with Crippen molar-refractivity contribution in [2.24, 2.45) is 5.73 Å². The van der Waals surface area contributed by atoms with Crippen LogP contribution in [-0.2, 0) is 0 Å². The maximum absolute atomic E-state index is 12.5. The quantitative estimate of drug-likeness (QED) is 0.769. The summed E-state index contributed by atoms with van der Waals surface area (Å²) >= 11 is 0. The Bertz CT molecular complexity index is 726. The standard InChI is InChI=1S/C17H18F3NO4.ClH/c1-22-12-4-6-14(23-2)13(10-12)11-3-5-15(25-17(18,19)20)16(9-11)24-8-7-21;/h3-6,9-10H,7-8,21H2,1-2H3;1H. The van der Waals surface area contributed by atoms with Crippen molar-refractivity contribution in [3.05, 3.63) is 36.4 Å². The smallest absolute Gasteiger partial charge is 0.497 e. The Hall–Kier alpha value is -2.32. The van der Waals surface area contributed by atoms with E-state index in [2.05, 4.69) is 4.74 Å². The fraction of sp³-hybridized carbons (Fsp3) is 0.294. The Labute approximate surface area is 155 Å². The number of rotatable bonds is 7. The van der Waals surface area contributed by atoms with E-state index in [1.165, 1.54) is 32.4 Å². The Morgan fingerprint density at radius 1 is 0.923 bits per heavy atom. The zero-order valence-corrected chi connectivity index (χ0v) is 14.9. The third-order valence-corrected chi connectivity index (χ3v) is 3.26. The highest BCUT2D eigenvalue weighted by atomic mass is 35.5. The first-order valence-corrected chi connectivity index (χ1v) is 7.33. The fourth-order valence-electron chi connectivity index (χ4n) is 2.21. The molecule has 5 nitrogen and oxygen atoms in total. The molecule has 2 aromatic carbocycles. The van der Waals surface area contributed by atoms with Gasteiger partial charge in [-0.25, -0.2) is 0 Å². The van der Waals surface area contributed by atoms with Crippen LogP contribution in [-0.4, -0.2) is 33.7 Å². The van der Waals surface area contributed by atoms with Crippen LogP contribution in [0.4, 0.5) is 13.2 Å². The molecule has 2 aromatic rings. The van der Waals surface area contributed by atoms with E-state index >= 15 is 0 Å². The van der Waals surface area contributed by atoms with Gasteiger partial charge in [0.05, 0.1) is 14.2 Å². The molecule has 9 heteroatoms. The summed E-state index contributed by atoms with van der Waals surface area (Å²) in [5.74, 6) is 0.614. The number of alkyl halides is 3. The van der Waals surface area contributed by atoms with Crippen molar-refractivity contribution < 1.29 is 32.1 Å². The van der Waals surface area contributed by atoms with Gasteiger partial charge in [-0.2, -0.15) is 0 Å². The van der Waals surface area contributed by atoms with Crippen molar-refractivity contribution in [3.63, 3.8) is 0 Å². The number of hydrogen-bond donors (Lipinski definition) is 1. The van der Waals surface area contributed by atoms with Crippen molar-refractivity contribution in [2.75, 3.05) is 27.4 Å². The predicted molar refractivity (Wildman–Crippen MR) is 93.5 cm³/mol. The summed E-state index contributed by atoms with van der Waals surface area (Å²) in [7, 11) is 3.01. The van der Waals surface area contributed by atoms with Crippen molar-refractivity contribution in [1.82, 2.24) is 0 Å². The molecule has 0 amide bonds.